The smallest absolute Gasteiger partial charge is 0.244 e. The van der Waals surface area contributed by atoms with Crippen molar-refractivity contribution >= 4 is 39.1 Å². The summed E-state index contributed by atoms with van der Waals surface area (Å²) in [5, 5.41) is 3.27. The molecule has 0 heterocycles. The number of carbonyl (C=O) groups is 2. The van der Waals surface area contributed by atoms with E-state index in [0.717, 1.165) is 47.4 Å². The molecule has 1 aliphatic rings. The van der Waals surface area contributed by atoms with Crippen LogP contribution in [0.25, 0.3) is 0 Å². The minimum atomic E-state index is -3.81. The molecule has 9 heteroatoms. The van der Waals surface area contributed by atoms with E-state index in [1.807, 2.05) is 31.2 Å². The predicted octanol–water partition coefficient (Wildman–Crippen LogP) is 3.89. The molecule has 0 unspecified atom stereocenters. The third-order valence-corrected chi connectivity index (χ3v) is 7.72. The number of halogens is 1. The van der Waals surface area contributed by atoms with E-state index in [1.165, 1.54) is 4.90 Å². The molecule has 0 saturated heterocycles. The number of carbonyl (C=O) groups excluding carboxylic acids is 2. The molecule has 0 aromatic heterocycles. The monoisotopic (exact) mass is 505 g/mol. The van der Waals surface area contributed by atoms with E-state index in [0.29, 0.717) is 0 Å². The molecule has 7 nitrogen and oxygen atoms in total. The first-order valence-electron chi connectivity index (χ1n) is 11.4. The van der Waals surface area contributed by atoms with E-state index in [2.05, 4.69) is 5.32 Å². The standard InChI is InChI=1S/C25H32ClN3O4S/c1-18-10-4-5-11-20(18)16-28(19(2)25(31)27-21-12-6-7-13-21)24(30)17-29(34(3,32)33)23-15-9-8-14-22(23)26/h4-5,8-11,14-15,19,21H,6-7,12-13,16-17H2,1-3H3,(H,27,31)/t19-/m1/s1. The molecule has 184 valence electrons. The van der Waals surface area contributed by atoms with Crippen molar-refractivity contribution in [3.63, 3.8) is 0 Å². The van der Waals surface area contributed by atoms with Crippen LogP contribution in [0.5, 0.6) is 0 Å². The summed E-state index contributed by atoms with van der Waals surface area (Å²) in [5.41, 5.74) is 2.09. The number of nitrogens with zero attached hydrogens (tertiary/aromatic N) is 2. The van der Waals surface area contributed by atoms with Crippen molar-refractivity contribution in [1.82, 2.24) is 10.2 Å². The fourth-order valence-electron chi connectivity index (χ4n) is 4.19. The Hall–Kier alpha value is -2.58. The maximum Gasteiger partial charge on any atom is 0.244 e. The molecule has 2 aromatic rings. The van der Waals surface area contributed by atoms with Crippen molar-refractivity contribution < 1.29 is 18.0 Å². The number of aryl methyl sites for hydroxylation is 1. The van der Waals surface area contributed by atoms with Crippen LogP contribution in [0.2, 0.25) is 5.02 Å². The van der Waals surface area contributed by atoms with Crippen LogP contribution in [0.3, 0.4) is 0 Å². The van der Waals surface area contributed by atoms with Crippen molar-refractivity contribution in [2.75, 3.05) is 17.1 Å². The number of rotatable bonds is 9. The zero-order valence-electron chi connectivity index (χ0n) is 19.8. The average Bonchev–Trinajstić information content (AvgIpc) is 3.29. The number of para-hydroxylation sites is 1. The molecule has 1 aliphatic carbocycles. The van der Waals surface area contributed by atoms with Crippen molar-refractivity contribution in [2.45, 2.75) is 58.2 Å². The van der Waals surface area contributed by atoms with Gasteiger partial charge in [0.1, 0.15) is 12.6 Å². The Bertz CT molecular complexity index is 1130. The molecule has 3 rings (SSSR count). The maximum absolute atomic E-state index is 13.6. The third kappa shape index (κ3) is 6.51. The quantitative estimate of drug-likeness (QED) is 0.560. The summed E-state index contributed by atoms with van der Waals surface area (Å²) < 4.78 is 26.2. The lowest BCUT2D eigenvalue weighted by Crippen LogP contribution is -2.52. The van der Waals surface area contributed by atoms with E-state index >= 15 is 0 Å². The fourth-order valence-corrected chi connectivity index (χ4v) is 5.34. The molecular formula is C25H32ClN3O4S. The second kappa shape index (κ2) is 11.2. The minimum Gasteiger partial charge on any atom is -0.352 e. The molecule has 1 fully saturated rings. The predicted molar refractivity (Wildman–Crippen MR) is 135 cm³/mol. The van der Waals surface area contributed by atoms with Gasteiger partial charge in [0, 0.05) is 12.6 Å². The van der Waals surface area contributed by atoms with Crippen LogP contribution in [0, 0.1) is 6.92 Å². The highest BCUT2D eigenvalue weighted by Gasteiger charge is 2.32. The van der Waals surface area contributed by atoms with Gasteiger partial charge in [-0.2, -0.15) is 0 Å². The summed E-state index contributed by atoms with van der Waals surface area (Å²) in [6.07, 6.45) is 5.04. The van der Waals surface area contributed by atoms with E-state index in [4.69, 9.17) is 11.6 Å². The van der Waals surface area contributed by atoms with Crippen LogP contribution in [0.15, 0.2) is 48.5 Å². The van der Waals surface area contributed by atoms with Crippen LogP contribution in [0.4, 0.5) is 5.69 Å². The fraction of sp³-hybridized carbons (Fsp3) is 0.440. The van der Waals surface area contributed by atoms with Gasteiger partial charge in [-0.1, -0.05) is 60.8 Å². The Morgan fingerprint density at radius 3 is 2.32 bits per heavy atom. The van der Waals surface area contributed by atoms with Gasteiger partial charge in [0.25, 0.3) is 0 Å². The number of amides is 2. The van der Waals surface area contributed by atoms with Gasteiger partial charge in [0.05, 0.1) is 17.0 Å². The van der Waals surface area contributed by atoms with Crippen LogP contribution in [0.1, 0.15) is 43.7 Å². The molecule has 0 radical (unpaired) electrons. The lowest BCUT2D eigenvalue weighted by Gasteiger charge is -2.32. The molecule has 34 heavy (non-hydrogen) atoms. The Labute approximate surface area is 207 Å². The highest BCUT2D eigenvalue weighted by molar-refractivity contribution is 7.92. The highest BCUT2D eigenvalue weighted by atomic mass is 35.5. The molecule has 1 atom stereocenters. The maximum atomic E-state index is 13.6. The second-order valence-corrected chi connectivity index (χ2v) is 11.1. The van der Waals surface area contributed by atoms with Crippen LogP contribution in [-0.4, -0.2) is 50.0 Å². The Morgan fingerprint density at radius 1 is 1.09 bits per heavy atom. The summed E-state index contributed by atoms with van der Waals surface area (Å²) in [5.74, 6) is -0.722. The summed E-state index contributed by atoms with van der Waals surface area (Å²) in [6.45, 7) is 3.34. The molecule has 1 N–H and O–H groups in total. The first-order valence-corrected chi connectivity index (χ1v) is 13.7. The van der Waals surface area contributed by atoms with Crippen molar-refractivity contribution in [2.24, 2.45) is 0 Å². The molecule has 2 amide bonds. The van der Waals surface area contributed by atoms with Gasteiger partial charge in [-0.25, -0.2) is 8.42 Å². The van der Waals surface area contributed by atoms with E-state index in [-0.39, 0.29) is 29.2 Å². The van der Waals surface area contributed by atoms with Crippen LogP contribution < -0.4 is 9.62 Å². The minimum absolute atomic E-state index is 0.112. The Kier molecular flexibility index (Phi) is 8.60. The van der Waals surface area contributed by atoms with Crippen LogP contribution >= 0.6 is 11.6 Å². The first-order chi connectivity index (χ1) is 16.1. The summed E-state index contributed by atoms with van der Waals surface area (Å²) in [4.78, 5) is 28.1. The first kappa shape index (κ1) is 26.0. The lowest BCUT2D eigenvalue weighted by atomic mass is 10.1. The topological polar surface area (TPSA) is 86.8 Å². The molecule has 0 bridgehead atoms. The van der Waals surface area contributed by atoms with Gasteiger partial charge in [-0.3, -0.25) is 13.9 Å². The van der Waals surface area contributed by atoms with Crippen molar-refractivity contribution in [3.05, 3.63) is 64.7 Å². The van der Waals surface area contributed by atoms with Gasteiger partial charge in [-0.05, 0) is 49.9 Å². The number of nitrogens with one attached hydrogen (secondary N) is 1. The van der Waals surface area contributed by atoms with Gasteiger partial charge in [0.2, 0.25) is 21.8 Å². The number of benzene rings is 2. The molecule has 0 aliphatic heterocycles. The van der Waals surface area contributed by atoms with Gasteiger partial charge in [0.15, 0.2) is 0 Å². The largest absolute Gasteiger partial charge is 0.352 e. The molecule has 1 saturated carbocycles. The number of anilines is 1. The molecule has 0 spiro atoms. The molecule has 2 aromatic carbocycles. The second-order valence-electron chi connectivity index (χ2n) is 8.84. The Balaban J connectivity index is 1.90. The van der Waals surface area contributed by atoms with Crippen molar-refractivity contribution in [3.8, 4) is 0 Å². The number of sulfonamides is 1. The van der Waals surface area contributed by atoms with E-state index in [9.17, 15) is 18.0 Å². The van der Waals surface area contributed by atoms with E-state index < -0.39 is 28.5 Å². The molecular weight excluding hydrogens is 474 g/mol. The zero-order valence-corrected chi connectivity index (χ0v) is 21.4. The highest BCUT2D eigenvalue weighted by Crippen LogP contribution is 2.27. The summed E-state index contributed by atoms with van der Waals surface area (Å²) in [7, 11) is -3.81. The van der Waals surface area contributed by atoms with Crippen molar-refractivity contribution in [1.29, 1.82) is 0 Å². The summed E-state index contributed by atoms with van der Waals surface area (Å²) in [6, 6.07) is 13.4. The normalized spacial score (nSPS) is 15.1. The zero-order chi connectivity index (χ0) is 24.9. The van der Waals surface area contributed by atoms with Crippen LogP contribution in [-0.2, 0) is 26.2 Å². The third-order valence-electron chi connectivity index (χ3n) is 6.27. The SMILES string of the molecule is Cc1ccccc1CN(C(=O)CN(c1ccccc1Cl)S(C)(=O)=O)[C@H](C)C(=O)NC1CCCC1. The summed E-state index contributed by atoms with van der Waals surface area (Å²) >= 11 is 6.25. The lowest BCUT2D eigenvalue weighted by molar-refractivity contribution is -0.139. The number of hydrogen-bond donors (Lipinski definition) is 1. The van der Waals surface area contributed by atoms with Gasteiger partial charge in [-0.15, -0.1) is 0 Å². The number of hydrogen-bond acceptors (Lipinski definition) is 4. The van der Waals surface area contributed by atoms with Gasteiger partial charge < -0.3 is 10.2 Å². The van der Waals surface area contributed by atoms with Gasteiger partial charge >= 0.3 is 0 Å². The van der Waals surface area contributed by atoms with E-state index in [1.54, 1.807) is 31.2 Å². The Morgan fingerprint density at radius 2 is 1.71 bits per heavy atom. The average molecular weight is 506 g/mol.